The smallest absolute Gasteiger partial charge is 0.0764 e. The summed E-state index contributed by atoms with van der Waals surface area (Å²) in [4.78, 5) is 3.84. The molecule has 0 aliphatic rings. The molecule has 0 radical (unpaired) electrons. The standard InChI is InChI=1S/C8H9N3/c1-2-4-11-8-3-5-10-6-7(8)9/h1,3,5-6H,4,9H2,(H,10,11). The molecule has 56 valence electrons. The van der Waals surface area contributed by atoms with Gasteiger partial charge in [0, 0.05) is 6.20 Å². The van der Waals surface area contributed by atoms with Crippen molar-refractivity contribution in [2.45, 2.75) is 0 Å². The molecule has 0 aliphatic carbocycles. The molecule has 0 saturated carbocycles. The summed E-state index contributed by atoms with van der Waals surface area (Å²) in [5, 5.41) is 2.96. The van der Waals surface area contributed by atoms with Gasteiger partial charge in [0.25, 0.3) is 0 Å². The van der Waals surface area contributed by atoms with Crippen molar-refractivity contribution in [2.75, 3.05) is 17.6 Å². The Bertz CT molecular complexity index is 275. The van der Waals surface area contributed by atoms with E-state index in [1.54, 1.807) is 18.5 Å². The first-order valence-electron chi connectivity index (χ1n) is 3.21. The molecule has 0 saturated heterocycles. The average molecular weight is 147 g/mol. The van der Waals surface area contributed by atoms with Crippen LogP contribution in [-0.2, 0) is 0 Å². The third-order valence-corrected chi connectivity index (χ3v) is 1.23. The number of anilines is 2. The maximum atomic E-state index is 5.57. The molecule has 3 heteroatoms. The highest BCUT2D eigenvalue weighted by molar-refractivity contribution is 5.64. The van der Waals surface area contributed by atoms with Gasteiger partial charge in [0.1, 0.15) is 0 Å². The summed E-state index contributed by atoms with van der Waals surface area (Å²) in [6, 6.07) is 1.78. The lowest BCUT2D eigenvalue weighted by atomic mass is 10.3. The largest absolute Gasteiger partial charge is 0.396 e. The minimum Gasteiger partial charge on any atom is -0.396 e. The Labute approximate surface area is 65.6 Å². The number of nitrogens with one attached hydrogen (secondary N) is 1. The Morgan fingerprint density at radius 1 is 1.73 bits per heavy atom. The van der Waals surface area contributed by atoms with Crippen LogP contribution in [-0.4, -0.2) is 11.5 Å². The maximum absolute atomic E-state index is 5.57. The van der Waals surface area contributed by atoms with Crippen molar-refractivity contribution in [1.82, 2.24) is 4.98 Å². The fourth-order valence-corrected chi connectivity index (χ4v) is 0.714. The normalized spacial score (nSPS) is 8.64. The van der Waals surface area contributed by atoms with Crippen LogP contribution < -0.4 is 11.1 Å². The molecular formula is C8H9N3. The van der Waals surface area contributed by atoms with E-state index in [1.165, 1.54) is 0 Å². The van der Waals surface area contributed by atoms with Gasteiger partial charge in [0.15, 0.2) is 0 Å². The highest BCUT2D eigenvalue weighted by atomic mass is 14.9. The number of hydrogen-bond donors (Lipinski definition) is 2. The van der Waals surface area contributed by atoms with Crippen molar-refractivity contribution in [1.29, 1.82) is 0 Å². The minimum atomic E-state index is 0.480. The molecular weight excluding hydrogens is 138 g/mol. The first-order chi connectivity index (χ1) is 5.34. The van der Waals surface area contributed by atoms with Crippen molar-refractivity contribution in [3.8, 4) is 12.3 Å². The van der Waals surface area contributed by atoms with E-state index in [-0.39, 0.29) is 0 Å². The summed E-state index contributed by atoms with van der Waals surface area (Å²) < 4.78 is 0. The van der Waals surface area contributed by atoms with E-state index >= 15 is 0 Å². The van der Waals surface area contributed by atoms with Crippen molar-refractivity contribution >= 4 is 11.4 Å². The monoisotopic (exact) mass is 147 g/mol. The summed E-state index contributed by atoms with van der Waals surface area (Å²) in [5.74, 6) is 2.46. The molecule has 0 aliphatic heterocycles. The topological polar surface area (TPSA) is 50.9 Å². The Morgan fingerprint density at radius 3 is 3.18 bits per heavy atom. The molecule has 0 aromatic carbocycles. The van der Waals surface area contributed by atoms with Crippen LogP contribution in [0.5, 0.6) is 0 Å². The van der Waals surface area contributed by atoms with Crippen LogP contribution in [0.3, 0.4) is 0 Å². The second-order valence-corrected chi connectivity index (χ2v) is 2.02. The molecule has 0 atom stereocenters. The Morgan fingerprint density at radius 2 is 2.55 bits per heavy atom. The zero-order chi connectivity index (χ0) is 8.10. The van der Waals surface area contributed by atoms with Gasteiger partial charge in [-0.2, -0.15) is 0 Å². The second-order valence-electron chi connectivity index (χ2n) is 2.02. The third kappa shape index (κ3) is 1.87. The number of pyridine rings is 1. The van der Waals surface area contributed by atoms with E-state index < -0.39 is 0 Å². The van der Waals surface area contributed by atoms with Gasteiger partial charge in [0.05, 0.1) is 24.1 Å². The first kappa shape index (κ1) is 7.42. The number of aromatic nitrogens is 1. The van der Waals surface area contributed by atoms with E-state index in [0.29, 0.717) is 12.2 Å². The van der Waals surface area contributed by atoms with Crippen molar-refractivity contribution in [2.24, 2.45) is 0 Å². The maximum Gasteiger partial charge on any atom is 0.0764 e. The number of nitrogens with two attached hydrogens (primary N) is 1. The molecule has 1 heterocycles. The Kier molecular flexibility index (Phi) is 2.34. The summed E-state index contributed by atoms with van der Waals surface area (Å²) in [6.07, 6.45) is 8.30. The van der Waals surface area contributed by atoms with Gasteiger partial charge in [-0.05, 0) is 6.07 Å². The summed E-state index contributed by atoms with van der Waals surface area (Å²) >= 11 is 0. The van der Waals surface area contributed by atoms with Crippen molar-refractivity contribution in [3.63, 3.8) is 0 Å². The number of rotatable bonds is 2. The van der Waals surface area contributed by atoms with Gasteiger partial charge in [-0.3, -0.25) is 4.98 Å². The lowest BCUT2D eigenvalue weighted by Gasteiger charge is -2.03. The Balaban J connectivity index is 2.71. The van der Waals surface area contributed by atoms with Crippen LogP contribution in [0, 0.1) is 12.3 Å². The molecule has 1 rings (SSSR count). The molecule has 0 spiro atoms. The predicted octanol–water partition coefficient (Wildman–Crippen LogP) is 0.709. The molecule has 3 N–H and O–H groups in total. The highest BCUT2D eigenvalue weighted by Gasteiger charge is 1.93. The molecule has 3 nitrogen and oxygen atoms in total. The lowest BCUT2D eigenvalue weighted by molar-refractivity contribution is 1.30. The number of hydrogen-bond acceptors (Lipinski definition) is 3. The number of terminal acetylenes is 1. The van der Waals surface area contributed by atoms with E-state index in [4.69, 9.17) is 12.2 Å². The molecule has 11 heavy (non-hydrogen) atoms. The highest BCUT2D eigenvalue weighted by Crippen LogP contribution is 2.13. The van der Waals surface area contributed by atoms with Gasteiger partial charge < -0.3 is 11.1 Å². The third-order valence-electron chi connectivity index (χ3n) is 1.23. The van der Waals surface area contributed by atoms with Gasteiger partial charge in [0.2, 0.25) is 0 Å². The van der Waals surface area contributed by atoms with Crippen LogP contribution in [0.25, 0.3) is 0 Å². The molecule has 1 aromatic rings. The van der Waals surface area contributed by atoms with Gasteiger partial charge in [-0.15, -0.1) is 6.42 Å². The summed E-state index contributed by atoms with van der Waals surface area (Å²) in [7, 11) is 0. The molecule has 0 unspecified atom stereocenters. The van der Waals surface area contributed by atoms with Crippen molar-refractivity contribution < 1.29 is 0 Å². The van der Waals surface area contributed by atoms with Crippen LogP contribution in [0.1, 0.15) is 0 Å². The quantitative estimate of drug-likeness (QED) is 0.606. The average Bonchev–Trinajstić information content (AvgIpc) is 2.03. The van der Waals surface area contributed by atoms with E-state index in [0.717, 1.165) is 5.69 Å². The van der Waals surface area contributed by atoms with E-state index in [2.05, 4.69) is 16.2 Å². The first-order valence-corrected chi connectivity index (χ1v) is 3.21. The van der Waals surface area contributed by atoms with Gasteiger partial charge in [-0.1, -0.05) is 5.92 Å². The molecule has 1 aromatic heterocycles. The van der Waals surface area contributed by atoms with Crippen LogP contribution in [0.4, 0.5) is 11.4 Å². The van der Waals surface area contributed by atoms with E-state index in [1.807, 2.05) is 0 Å². The fourth-order valence-electron chi connectivity index (χ4n) is 0.714. The SMILES string of the molecule is C#CCNc1ccncc1N. The number of nitrogens with zero attached hydrogens (tertiary/aromatic N) is 1. The number of nitrogen functional groups attached to an aromatic ring is 1. The summed E-state index contributed by atoms with van der Waals surface area (Å²) in [6.45, 7) is 0.480. The van der Waals surface area contributed by atoms with Crippen LogP contribution in [0.15, 0.2) is 18.5 Å². The Hall–Kier alpha value is -1.69. The predicted molar refractivity (Wildman–Crippen MR) is 46.0 cm³/mol. The second kappa shape index (κ2) is 3.47. The zero-order valence-electron chi connectivity index (χ0n) is 6.04. The van der Waals surface area contributed by atoms with Crippen molar-refractivity contribution in [3.05, 3.63) is 18.5 Å². The zero-order valence-corrected chi connectivity index (χ0v) is 6.04. The molecule has 0 amide bonds. The van der Waals surface area contributed by atoms with Gasteiger partial charge in [-0.25, -0.2) is 0 Å². The lowest BCUT2D eigenvalue weighted by Crippen LogP contribution is -2.01. The summed E-state index contributed by atoms with van der Waals surface area (Å²) in [5.41, 5.74) is 7.01. The molecule has 0 bridgehead atoms. The fraction of sp³-hybridized carbons (Fsp3) is 0.125. The minimum absolute atomic E-state index is 0.480. The van der Waals surface area contributed by atoms with Gasteiger partial charge >= 0.3 is 0 Å². The van der Waals surface area contributed by atoms with Crippen LogP contribution >= 0.6 is 0 Å². The van der Waals surface area contributed by atoms with Crippen LogP contribution in [0.2, 0.25) is 0 Å². The van der Waals surface area contributed by atoms with E-state index in [9.17, 15) is 0 Å². The molecule has 0 fully saturated rings.